The molecule has 31 heavy (non-hydrogen) atoms. The number of hydrogen-bond donors (Lipinski definition) is 2. The summed E-state index contributed by atoms with van der Waals surface area (Å²) in [6, 6.07) is -0.646. The lowest BCUT2D eigenvalue weighted by atomic mass is 10.1. The standard InChI is InChI=1S/C21H33N5O4S/c1-5-6-10-25-17(22)16(18(28)23-20(25)30)24(11-8-13(2)3)19(29)14-12-31-21(4)9-7-15(27)26(14)21/h13-14H,5-12,22H2,1-4H3,(H,23,28,30)/t14-,21-/m0/s1. The number of nitrogens with two attached hydrogens (primary N) is 1. The van der Waals surface area contributed by atoms with Crippen LogP contribution in [-0.4, -0.2) is 49.5 Å². The molecule has 0 radical (unpaired) electrons. The number of amides is 2. The lowest BCUT2D eigenvalue weighted by Gasteiger charge is -2.33. The topological polar surface area (TPSA) is 121 Å². The van der Waals surface area contributed by atoms with Crippen LogP contribution in [0.2, 0.25) is 0 Å². The maximum atomic E-state index is 13.7. The van der Waals surface area contributed by atoms with E-state index in [0.29, 0.717) is 37.5 Å². The molecule has 9 nitrogen and oxygen atoms in total. The fourth-order valence-corrected chi connectivity index (χ4v) is 5.70. The van der Waals surface area contributed by atoms with Gasteiger partial charge in [-0.1, -0.05) is 27.2 Å². The average Bonchev–Trinajstić information content (AvgIpc) is 3.19. The molecule has 172 valence electrons. The van der Waals surface area contributed by atoms with Crippen LogP contribution in [-0.2, 0) is 16.1 Å². The third-order valence-electron chi connectivity index (χ3n) is 6.15. The summed E-state index contributed by atoms with van der Waals surface area (Å²) >= 11 is 1.60. The Morgan fingerprint density at radius 3 is 2.71 bits per heavy atom. The lowest BCUT2D eigenvalue weighted by Crippen LogP contribution is -2.53. The van der Waals surface area contributed by atoms with Crippen molar-refractivity contribution < 1.29 is 9.59 Å². The number of anilines is 2. The highest BCUT2D eigenvalue weighted by Gasteiger charge is 2.54. The largest absolute Gasteiger partial charge is 0.383 e. The van der Waals surface area contributed by atoms with E-state index in [1.807, 2.05) is 27.7 Å². The van der Waals surface area contributed by atoms with Crippen molar-refractivity contribution >= 4 is 35.1 Å². The molecule has 2 fully saturated rings. The smallest absolute Gasteiger partial charge is 0.330 e. The normalized spacial score (nSPS) is 22.9. The van der Waals surface area contributed by atoms with E-state index in [1.54, 1.807) is 16.7 Å². The first-order valence-electron chi connectivity index (χ1n) is 11.0. The van der Waals surface area contributed by atoms with E-state index >= 15 is 0 Å². The first kappa shape index (κ1) is 23.4. The number of aromatic amines is 1. The highest BCUT2D eigenvalue weighted by Crippen LogP contribution is 2.47. The van der Waals surface area contributed by atoms with Crippen LogP contribution in [0.5, 0.6) is 0 Å². The summed E-state index contributed by atoms with van der Waals surface area (Å²) in [5.41, 5.74) is 5.05. The summed E-state index contributed by atoms with van der Waals surface area (Å²) in [7, 11) is 0. The van der Waals surface area contributed by atoms with Crippen molar-refractivity contribution in [1.82, 2.24) is 14.5 Å². The van der Waals surface area contributed by atoms with E-state index < -0.39 is 17.3 Å². The number of thioether (sulfide) groups is 1. The van der Waals surface area contributed by atoms with Gasteiger partial charge in [0.05, 0.1) is 4.87 Å². The Labute approximate surface area is 186 Å². The van der Waals surface area contributed by atoms with Crippen molar-refractivity contribution in [2.24, 2.45) is 5.92 Å². The summed E-state index contributed by atoms with van der Waals surface area (Å²) in [4.78, 5) is 56.5. The summed E-state index contributed by atoms with van der Waals surface area (Å²) < 4.78 is 1.32. The molecular formula is C21H33N5O4S. The zero-order valence-corrected chi connectivity index (χ0v) is 19.6. The van der Waals surface area contributed by atoms with E-state index in [4.69, 9.17) is 5.73 Å². The van der Waals surface area contributed by atoms with Gasteiger partial charge in [0, 0.05) is 25.3 Å². The number of fused-ring (bicyclic) bond motifs is 1. The second-order valence-corrected chi connectivity index (χ2v) is 10.4. The van der Waals surface area contributed by atoms with Gasteiger partial charge in [0.25, 0.3) is 11.5 Å². The third-order valence-corrected chi connectivity index (χ3v) is 7.65. The molecule has 3 rings (SSSR count). The van der Waals surface area contributed by atoms with Crippen molar-refractivity contribution in [3.8, 4) is 0 Å². The van der Waals surface area contributed by atoms with Crippen LogP contribution in [0.3, 0.4) is 0 Å². The SMILES string of the molecule is CCCCn1c(N)c(N(CCC(C)C)C(=O)[C@@H]2CS[C@@]3(C)CCC(=O)N23)c(=O)[nH]c1=O. The second-order valence-electron chi connectivity index (χ2n) is 8.94. The van der Waals surface area contributed by atoms with Crippen molar-refractivity contribution in [3.05, 3.63) is 20.8 Å². The average molecular weight is 452 g/mol. The molecule has 2 amide bonds. The number of rotatable bonds is 8. The molecule has 3 heterocycles. The number of carbonyl (C=O) groups excluding carboxylic acids is 2. The van der Waals surface area contributed by atoms with E-state index in [2.05, 4.69) is 4.98 Å². The number of unbranched alkanes of at least 4 members (excludes halogenated alkanes) is 1. The summed E-state index contributed by atoms with van der Waals surface area (Å²) in [5.74, 6) is 0.417. The van der Waals surface area contributed by atoms with Crippen LogP contribution >= 0.6 is 11.8 Å². The number of hydrogen-bond acceptors (Lipinski definition) is 6. The second kappa shape index (κ2) is 9.10. The molecule has 0 aromatic carbocycles. The van der Waals surface area contributed by atoms with Crippen LogP contribution < -0.4 is 21.9 Å². The van der Waals surface area contributed by atoms with Crippen LogP contribution in [0.1, 0.15) is 59.8 Å². The summed E-state index contributed by atoms with van der Waals surface area (Å²) in [6.45, 7) is 8.69. The van der Waals surface area contributed by atoms with Crippen molar-refractivity contribution in [3.63, 3.8) is 0 Å². The molecule has 10 heteroatoms. The van der Waals surface area contributed by atoms with E-state index in [-0.39, 0.29) is 34.7 Å². The molecule has 0 aliphatic carbocycles. The first-order valence-corrected chi connectivity index (χ1v) is 12.0. The molecule has 0 bridgehead atoms. The third kappa shape index (κ3) is 4.40. The summed E-state index contributed by atoms with van der Waals surface area (Å²) in [6.07, 6.45) is 3.35. The number of carbonyl (C=O) groups is 2. The Morgan fingerprint density at radius 1 is 1.35 bits per heavy atom. The van der Waals surface area contributed by atoms with E-state index in [1.165, 1.54) is 9.47 Å². The van der Waals surface area contributed by atoms with Crippen LogP contribution in [0, 0.1) is 5.92 Å². The molecule has 2 aliphatic rings. The molecular weight excluding hydrogens is 418 g/mol. The minimum atomic E-state index is -0.673. The van der Waals surface area contributed by atoms with Gasteiger partial charge in [0.2, 0.25) is 5.91 Å². The number of nitrogens with one attached hydrogen (secondary N) is 1. The Balaban J connectivity index is 2.04. The molecule has 1 aromatic heterocycles. The number of H-pyrrole nitrogens is 1. The molecule has 2 atom stereocenters. The maximum absolute atomic E-state index is 13.7. The van der Waals surface area contributed by atoms with E-state index in [0.717, 1.165) is 12.8 Å². The van der Waals surface area contributed by atoms with Gasteiger partial charge >= 0.3 is 5.69 Å². The lowest BCUT2D eigenvalue weighted by molar-refractivity contribution is -0.136. The number of nitrogen functional groups attached to an aromatic ring is 1. The van der Waals surface area contributed by atoms with Gasteiger partial charge in [-0.25, -0.2) is 4.79 Å². The predicted molar refractivity (Wildman–Crippen MR) is 123 cm³/mol. The quantitative estimate of drug-likeness (QED) is 0.621. The zero-order valence-electron chi connectivity index (χ0n) is 18.8. The van der Waals surface area contributed by atoms with Crippen LogP contribution in [0.4, 0.5) is 11.5 Å². The Kier molecular flexibility index (Phi) is 6.88. The van der Waals surface area contributed by atoms with Crippen LogP contribution in [0.25, 0.3) is 0 Å². The molecule has 3 N–H and O–H groups in total. The van der Waals surface area contributed by atoms with Crippen LogP contribution in [0.15, 0.2) is 9.59 Å². The van der Waals surface area contributed by atoms with Crippen molar-refractivity contribution in [2.75, 3.05) is 22.9 Å². The fraction of sp³-hybridized carbons (Fsp3) is 0.714. The minimum absolute atomic E-state index is 0.000432. The molecule has 2 saturated heterocycles. The van der Waals surface area contributed by atoms with Gasteiger partial charge in [0.1, 0.15) is 11.9 Å². The number of aromatic nitrogens is 2. The Morgan fingerprint density at radius 2 is 2.06 bits per heavy atom. The highest BCUT2D eigenvalue weighted by molar-refractivity contribution is 8.01. The molecule has 1 aromatic rings. The van der Waals surface area contributed by atoms with Gasteiger partial charge < -0.3 is 15.5 Å². The minimum Gasteiger partial charge on any atom is -0.383 e. The summed E-state index contributed by atoms with van der Waals surface area (Å²) in [5, 5.41) is 0. The fourth-order valence-electron chi connectivity index (χ4n) is 4.28. The first-order chi connectivity index (χ1) is 14.6. The molecule has 0 saturated carbocycles. The zero-order chi connectivity index (χ0) is 22.9. The molecule has 0 spiro atoms. The van der Waals surface area contributed by atoms with E-state index in [9.17, 15) is 19.2 Å². The van der Waals surface area contributed by atoms with Gasteiger partial charge in [-0.3, -0.25) is 23.9 Å². The van der Waals surface area contributed by atoms with Gasteiger partial charge in [-0.15, -0.1) is 11.8 Å². The monoisotopic (exact) mass is 451 g/mol. The molecule has 0 unspecified atom stereocenters. The van der Waals surface area contributed by atoms with Gasteiger partial charge in [-0.05, 0) is 32.1 Å². The van der Waals surface area contributed by atoms with Gasteiger partial charge in [-0.2, -0.15) is 0 Å². The van der Waals surface area contributed by atoms with Crippen molar-refractivity contribution in [1.29, 1.82) is 0 Å². The molecule has 2 aliphatic heterocycles. The van der Waals surface area contributed by atoms with Gasteiger partial charge in [0.15, 0.2) is 5.69 Å². The Hall–Kier alpha value is -2.23. The Bertz CT molecular complexity index is 971. The van der Waals surface area contributed by atoms with Crippen molar-refractivity contribution in [2.45, 2.75) is 77.3 Å². The number of nitrogens with zero attached hydrogens (tertiary/aromatic N) is 3. The maximum Gasteiger partial charge on any atom is 0.330 e. The highest BCUT2D eigenvalue weighted by atomic mass is 32.2. The predicted octanol–water partition coefficient (Wildman–Crippen LogP) is 1.75.